The van der Waals surface area contributed by atoms with Crippen LogP contribution in [0.4, 0.5) is 5.69 Å². The molecule has 0 aromatic heterocycles. The Morgan fingerprint density at radius 1 is 1.08 bits per heavy atom. The topological polar surface area (TPSA) is 98.5 Å². The van der Waals surface area contributed by atoms with Crippen molar-refractivity contribution in [2.75, 3.05) is 5.32 Å². The van der Waals surface area contributed by atoms with Crippen LogP contribution in [0.25, 0.3) is 0 Å². The van der Waals surface area contributed by atoms with E-state index in [9.17, 15) is 14.4 Å². The molecule has 0 aliphatic heterocycles. The number of esters is 1. The highest BCUT2D eigenvalue weighted by molar-refractivity contribution is 5.95. The molecule has 0 heterocycles. The first-order valence-electron chi connectivity index (χ1n) is 7.46. The molecule has 2 rings (SSSR count). The molecule has 0 radical (unpaired) electrons. The smallest absolute Gasteiger partial charge is 0.338 e. The molecule has 6 nitrogen and oxygen atoms in total. The van der Waals surface area contributed by atoms with E-state index in [1.165, 1.54) is 6.07 Å². The predicted octanol–water partition coefficient (Wildman–Crippen LogP) is 2.49. The van der Waals surface area contributed by atoms with Crippen LogP contribution in [-0.4, -0.2) is 17.8 Å². The van der Waals surface area contributed by atoms with Crippen molar-refractivity contribution in [3.05, 3.63) is 65.2 Å². The Labute approximate surface area is 139 Å². The van der Waals surface area contributed by atoms with E-state index >= 15 is 0 Å². The average Bonchev–Trinajstić information content (AvgIpc) is 2.59. The maximum absolute atomic E-state index is 12.2. The number of amides is 2. The van der Waals surface area contributed by atoms with E-state index in [-0.39, 0.29) is 12.5 Å². The zero-order valence-corrected chi connectivity index (χ0v) is 13.2. The van der Waals surface area contributed by atoms with Gasteiger partial charge >= 0.3 is 5.97 Å². The Morgan fingerprint density at radius 3 is 2.54 bits per heavy atom. The van der Waals surface area contributed by atoms with Crippen molar-refractivity contribution < 1.29 is 19.1 Å². The molecular formula is C18H18N2O4. The van der Waals surface area contributed by atoms with Crippen molar-refractivity contribution in [1.29, 1.82) is 0 Å². The van der Waals surface area contributed by atoms with Crippen LogP contribution >= 0.6 is 0 Å². The maximum Gasteiger partial charge on any atom is 0.338 e. The number of hydrogen-bond acceptors (Lipinski definition) is 4. The fourth-order valence-corrected chi connectivity index (χ4v) is 2.09. The summed E-state index contributed by atoms with van der Waals surface area (Å²) in [5.41, 5.74) is 6.97. The highest BCUT2D eigenvalue weighted by atomic mass is 16.5. The first-order valence-corrected chi connectivity index (χ1v) is 7.46. The molecule has 0 aliphatic rings. The predicted molar refractivity (Wildman–Crippen MR) is 89.4 cm³/mol. The van der Waals surface area contributed by atoms with Gasteiger partial charge in [-0.3, -0.25) is 9.59 Å². The van der Waals surface area contributed by atoms with E-state index in [4.69, 9.17) is 10.5 Å². The minimum atomic E-state index is -0.578. The second kappa shape index (κ2) is 7.92. The number of nitrogens with two attached hydrogens (primary N) is 1. The summed E-state index contributed by atoms with van der Waals surface area (Å²) in [6.07, 6.45) is 0.346. The first-order chi connectivity index (χ1) is 11.5. The average molecular weight is 326 g/mol. The van der Waals surface area contributed by atoms with Gasteiger partial charge in [0.2, 0.25) is 11.8 Å². The molecule has 6 heteroatoms. The molecule has 2 aromatic rings. The molecule has 0 atom stereocenters. The van der Waals surface area contributed by atoms with E-state index in [0.717, 1.165) is 0 Å². The summed E-state index contributed by atoms with van der Waals surface area (Å²) >= 11 is 0. The Bertz CT molecular complexity index is 771. The molecule has 2 amide bonds. The van der Waals surface area contributed by atoms with E-state index in [2.05, 4.69) is 5.32 Å². The molecule has 0 saturated heterocycles. The lowest BCUT2D eigenvalue weighted by Gasteiger charge is -2.09. The largest absolute Gasteiger partial charge is 0.457 e. The van der Waals surface area contributed by atoms with Crippen molar-refractivity contribution in [2.45, 2.75) is 20.0 Å². The molecule has 24 heavy (non-hydrogen) atoms. The van der Waals surface area contributed by atoms with Crippen LogP contribution in [-0.2, 0) is 16.1 Å². The van der Waals surface area contributed by atoms with Crippen molar-refractivity contribution >= 4 is 23.5 Å². The van der Waals surface area contributed by atoms with Crippen LogP contribution in [0, 0.1) is 0 Å². The second-order valence-corrected chi connectivity index (χ2v) is 5.08. The zero-order valence-electron chi connectivity index (χ0n) is 13.2. The van der Waals surface area contributed by atoms with Gasteiger partial charge in [0.05, 0.1) is 5.56 Å². The molecule has 3 N–H and O–H groups in total. The Kier molecular flexibility index (Phi) is 5.68. The molecule has 0 bridgehead atoms. The number of benzene rings is 2. The second-order valence-electron chi connectivity index (χ2n) is 5.08. The first kappa shape index (κ1) is 17.2. The van der Waals surface area contributed by atoms with Crippen LogP contribution in [0.5, 0.6) is 0 Å². The summed E-state index contributed by atoms with van der Waals surface area (Å²) < 4.78 is 5.23. The highest BCUT2D eigenvalue weighted by Crippen LogP contribution is 2.14. The van der Waals surface area contributed by atoms with Crippen molar-refractivity contribution in [1.82, 2.24) is 0 Å². The van der Waals surface area contributed by atoms with Crippen molar-refractivity contribution in [2.24, 2.45) is 5.73 Å². The van der Waals surface area contributed by atoms with Gasteiger partial charge in [-0.05, 0) is 24.3 Å². The van der Waals surface area contributed by atoms with Gasteiger partial charge in [0.25, 0.3) is 0 Å². The summed E-state index contributed by atoms with van der Waals surface area (Å²) in [7, 11) is 0. The van der Waals surface area contributed by atoms with Crippen LogP contribution in [0.3, 0.4) is 0 Å². The molecular weight excluding hydrogens is 308 g/mol. The summed E-state index contributed by atoms with van der Waals surface area (Å²) in [5.74, 6) is -1.27. The Morgan fingerprint density at radius 2 is 1.83 bits per heavy atom. The highest BCUT2D eigenvalue weighted by Gasteiger charge is 2.12. The van der Waals surface area contributed by atoms with Gasteiger partial charge in [-0.25, -0.2) is 4.79 Å². The van der Waals surface area contributed by atoms with Crippen LogP contribution in [0.1, 0.15) is 39.6 Å². The number of anilines is 1. The van der Waals surface area contributed by atoms with Gasteiger partial charge in [-0.2, -0.15) is 0 Å². The number of carbonyl (C=O) groups is 3. The number of rotatable bonds is 6. The number of nitrogens with one attached hydrogen (secondary N) is 1. The van der Waals surface area contributed by atoms with Crippen LogP contribution in [0.15, 0.2) is 48.5 Å². The number of hydrogen-bond donors (Lipinski definition) is 2. The SMILES string of the molecule is CCC(=O)Nc1cccc(C(=O)OCc2ccccc2C(N)=O)c1. The number of primary amides is 1. The Hall–Kier alpha value is -3.15. The molecule has 0 unspecified atom stereocenters. The third kappa shape index (κ3) is 4.42. The molecule has 0 saturated carbocycles. The minimum absolute atomic E-state index is 0.0660. The maximum atomic E-state index is 12.2. The van der Waals surface area contributed by atoms with Crippen molar-refractivity contribution in [3.8, 4) is 0 Å². The molecule has 0 aliphatic carbocycles. The van der Waals surface area contributed by atoms with Gasteiger partial charge in [-0.15, -0.1) is 0 Å². The van der Waals surface area contributed by atoms with E-state index in [1.54, 1.807) is 49.4 Å². The quantitative estimate of drug-likeness (QED) is 0.797. The Balaban J connectivity index is 2.07. The molecule has 0 spiro atoms. The summed E-state index contributed by atoms with van der Waals surface area (Å²) in [6.45, 7) is 1.67. The van der Waals surface area contributed by atoms with Crippen molar-refractivity contribution in [3.63, 3.8) is 0 Å². The fraction of sp³-hybridized carbons (Fsp3) is 0.167. The lowest BCUT2D eigenvalue weighted by atomic mass is 10.1. The summed E-state index contributed by atoms with van der Waals surface area (Å²) in [5, 5.41) is 2.68. The van der Waals surface area contributed by atoms with Gasteiger partial charge in [0.15, 0.2) is 0 Å². The van der Waals surface area contributed by atoms with Crippen LogP contribution < -0.4 is 11.1 Å². The van der Waals surface area contributed by atoms with Gasteiger partial charge in [-0.1, -0.05) is 31.2 Å². The summed E-state index contributed by atoms with van der Waals surface area (Å²) in [6, 6.07) is 13.1. The zero-order chi connectivity index (χ0) is 17.5. The number of ether oxygens (including phenoxy) is 1. The van der Waals surface area contributed by atoms with Gasteiger partial charge in [0, 0.05) is 23.2 Å². The minimum Gasteiger partial charge on any atom is -0.457 e. The lowest BCUT2D eigenvalue weighted by molar-refractivity contribution is -0.115. The standard InChI is InChI=1S/C18H18N2O4/c1-2-16(21)20-14-8-5-7-12(10-14)18(23)24-11-13-6-3-4-9-15(13)17(19)22/h3-10H,2,11H2,1H3,(H2,19,22)(H,20,21). The fourth-order valence-electron chi connectivity index (χ4n) is 2.09. The molecule has 2 aromatic carbocycles. The van der Waals surface area contributed by atoms with Gasteiger partial charge < -0.3 is 15.8 Å². The third-order valence-electron chi connectivity index (χ3n) is 3.34. The molecule has 0 fully saturated rings. The van der Waals surface area contributed by atoms with E-state index < -0.39 is 11.9 Å². The van der Waals surface area contributed by atoms with Crippen LogP contribution in [0.2, 0.25) is 0 Å². The third-order valence-corrected chi connectivity index (χ3v) is 3.34. The monoisotopic (exact) mass is 326 g/mol. The number of carbonyl (C=O) groups excluding carboxylic acids is 3. The summed E-state index contributed by atoms with van der Waals surface area (Å²) in [4.78, 5) is 34.9. The van der Waals surface area contributed by atoms with E-state index in [1.807, 2.05) is 0 Å². The van der Waals surface area contributed by atoms with E-state index in [0.29, 0.717) is 28.8 Å². The normalized spacial score (nSPS) is 10.0. The van der Waals surface area contributed by atoms with Gasteiger partial charge in [0.1, 0.15) is 6.61 Å². The lowest BCUT2D eigenvalue weighted by Crippen LogP contribution is -2.15. The molecule has 124 valence electrons.